The molecule has 0 atom stereocenters. The fraction of sp³-hybridized carbons (Fsp3) is 0.400. The van der Waals surface area contributed by atoms with Crippen LogP contribution in [0.25, 0.3) is 0 Å². The Morgan fingerprint density at radius 1 is 1.14 bits per heavy atom. The van der Waals surface area contributed by atoms with Gasteiger partial charge in [0.2, 0.25) is 0 Å². The van der Waals surface area contributed by atoms with Gasteiger partial charge < -0.3 is 10.1 Å². The van der Waals surface area contributed by atoms with E-state index in [0.717, 1.165) is 4.47 Å². The largest absolute Gasteiger partial charge is 0.456 e. The number of ether oxygens (including phenoxy) is 1. The van der Waals surface area contributed by atoms with Gasteiger partial charge in [-0.1, -0.05) is 36.7 Å². The molecule has 0 aliphatic rings. The van der Waals surface area contributed by atoms with Crippen LogP contribution in [0.4, 0.5) is 0 Å². The quantitative estimate of drug-likeness (QED) is 0.822. The fourth-order valence-corrected chi connectivity index (χ4v) is 1.53. The molecule has 0 aliphatic heterocycles. The number of benzene rings is 1. The Morgan fingerprint density at radius 3 is 2.24 bits per heavy atom. The van der Waals surface area contributed by atoms with E-state index in [0.29, 0.717) is 5.56 Å². The lowest BCUT2D eigenvalue weighted by Crippen LogP contribution is -2.33. The molecule has 1 aromatic rings. The summed E-state index contributed by atoms with van der Waals surface area (Å²) in [5, 5.41) is 2.44. The molecule has 1 amide bonds. The molecule has 1 rings (SSSR count). The van der Waals surface area contributed by atoms with Crippen LogP contribution in [0.1, 0.15) is 31.1 Å². The van der Waals surface area contributed by atoms with Crippen molar-refractivity contribution in [2.24, 2.45) is 5.41 Å². The van der Waals surface area contributed by atoms with Crippen LogP contribution >= 0.6 is 15.9 Å². The molecule has 0 aliphatic carbocycles. The number of carbonyl (C=O) groups is 3. The molecule has 0 bridgehead atoms. The lowest BCUT2D eigenvalue weighted by atomic mass is 9.91. The predicted molar refractivity (Wildman–Crippen MR) is 81.9 cm³/mol. The van der Waals surface area contributed by atoms with Gasteiger partial charge in [0, 0.05) is 15.5 Å². The maximum atomic E-state index is 11.8. The number of hydrogen-bond acceptors (Lipinski definition) is 4. The van der Waals surface area contributed by atoms with Crippen LogP contribution in [0.15, 0.2) is 28.7 Å². The normalized spacial score (nSPS) is 10.9. The lowest BCUT2D eigenvalue weighted by Gasteiger charge is -2.16. The molecule has 0 spiro atoms. The van der Waals surface area contributed by atoms with Crippen LogP contribution in [0.2, 0.25) is 0 Å². The molecule has 1 N–H and O–H groups in total. The van der Waals surface area contributed by atoms with E-state index in [1.165, 1.54) is 0 Å². The fourth-order valence-electron chi connectivity index (χ4n) is 1.27. The van der Waals surface area contributed by atoms with E-state index in [4.69, 9.17) is 4.74 Å². The molecular weight excluding hydrogens is 338 g/mol. The van der Waals surface area contributed by atoms with Gasteiger partial charge in [0.05, 0.1) is 0 Å². The number of Topliss-reactive ketones (excluding diaryl/α,β-unsaturated/α-hetero) is 1. The van der Waals surface area contributed by atoms with Gasteiger partial charge in [-0.05, 0) is 24.3 Å². The summed E-state index contributed by atoms with van der Waals surface area (Å²) in [6, 6.07) is 6.73. The monoisotopic (exact) mass is 355 g/mol. The maximum Gasteiger partial charge on any atom is 0.325 e. The highest BCUT2D eigenvalue weighted by molar-refractivity contribution is 9.10. The molecule has 5 nitrogen and oxygen atoms in total. The number of ketones is 1. The minimum atomic E-state index is -0.641. The van der Waals surface area contributed by atoms with Crippen molar-refractivity contribution < 1.29 is 19.1 Å². The second-order valence-corrected chi connectivity index (χ2v) is 6.44. The van der Waals surface area contributed by atoms with Gasteiger partial charge in [0.1, 0.15) is 6.54 Å². The zero-order valence-corrected chi connectivity index (χ0v) is 13.8. The minimum absolute atomic E-state index is 0.171. The Hall–Kier alpha value is -1.69. The lowest BCUT2D eigenvalue weighted by molar-refractivity contribution is -0.149. The van der Waals surface area contributed by atoms with Crippen LogP contribution in [-0.4, -0.2) is 30.8 Å². The summed E-state index contributed by atoms with van der Waals surface area (Å²) in [5.41, 5.74) is -0.113. The van der Waals surface area contributed by atoms with Crippen LogP contribution in [-0.2, 0) is 14.3 Å². The molecule has 1 aromatic carbocycles. The number of amides is 1. The average Bonchev–Trinajstić information content (AvgIpc) is 2.41. The standard InChI is InChI=1S/C15H18BrNO4/c1-15(2,3)12(18)9-21-13(19)8-17-14(20)10-4-6-11(16)7-5-10/h4-7H,8-9H2,1-3H3,(H,17,20). The van der Waals surface area contributed by atoms with Gasteiger partial charge in [-0.2, -0.15) is 0 Å². The molecule has 0 aromatic heterocycles. The van der Waals surface area contributed by atoms with Crippen LogP contribution in [0, 0.1) is 5.41 Å². The highest BCUT2D eigenvalue weighted by Crippen LogP contribution is 2.14. The molecule has 21 heavy (non-hydrogen) atoms. The first-order chi connectivity index (χ1) is 9.70. The second-order valence-electron chi connectivity index (χ2n) is 5.52. The zero-order valence-electron chi connectivity index (χ0n) is 12.2. The molecule has 0 heterocycles. The molecule has 0 saturated heterocycles. The number of halogens is 1. The summed E-state index contributed by atoms with van der Waals surface area (Å²) in [4.78, 5) is 34.8. The molecule has 0 unspecified atom stereocenters. The van der Waals surface area contributed by atoms with Crippen molar-refractivity contribution >= 4 is 33.6 Å². The highest BCUT2D eigenvalue weighted by atomic mass is 79.9. The molecule has 114 valence electrons. The Kier molecular flexibility index (Phi) is 6.08. The predicted octanol–water partition coefficient (Wildman–Crippen LogP) is 2.34. The van der Waals surface area contributed by atoms with Crippen molar-refractivity contribution in [2.45, 2.75) is 20.8 Å². The first-order valence-corrected chi connectivity index (χ1v) is 7.22. The molecular formula is C15H18BrNO4. The van der Waals surface area contributed by atoms with Gasteiger partial charge in [0.25, 0.3) is 5.91 Å². The van der Waals surface area contributed by atoms with Gasteiger partial charge in [0.15, 0.2) is 12.4 Å². The minimum Gasteiger partial charge on any atom is -0.456 e. The molecule has 0 radical (unpaired) electrons. The molecule has 0 saturated carbocycles. The van der Waals surface area contributed by atoms with Crippen molar-refractivity contribution in [1.82, 2.24) is 5.32 Å². The average molecular weight is 356 g/mol. The van der Waals surface area contributed by atoms with E-state index < -0.39 is 11.4 Å². The smallest absolute Gasteiger partial charge is 0.325 e. The summed E-state index contributed by atoms with van der Waals surface area (Å²) < 4.78 is 5.69. The highest BCUT2D eigenvalue weighted by Gasteiger charge is 2.22. The third-order valence-electron chi connectivity index (χ3n) is 2.70. The van der Waals surface area contributed by atoms with E-state index >= 15 is 0 Å². The van der Waals surface area contributed by atoms with E-state index in [1.807, 2.05) is 0 Å². The van der Waals surface area contributed by atoms with Gasteiger partial charge in [-0.3, -0.25) is 14.4 Å². The summed E-state index contributed by atoms with van der Waals surface area (Å²) >= 11 is 3.27. The first-order valence-electron chi connectivity index (χ1n) is 6.43. The van der Waals surface area contributed by atoms with Crippen molar-refractivity contribution in [3.05, 3.63) is 34.3 Å². The number of esters is 1. The maximum absolute atomic E-state index is 11.8. The van der Waals surface area contributed by atoms with Gasteiger partial charge in [-0.15, -0.1) is 0 Å². The third-order valence-corrected chi connectivity index (χ3v) is 3.23. The van der Waals surface area contributed by atoms with Gasteiger partial charge >= 0.3 is 5.97 Å². The van der Waals surface area contributed by atoms with Crippen LogP contribution in [0.3, 0.4) is 0 Å². The first kappa shape index (κ1) is 17.4. The molecule has 0 fully saturated rings. The van der Waals surface area contributed by atoms with Crippen molar-refractivity contribution in [2.75, 3.05) is 13.2 Å². The Balaban J connectivity index is 2.38. The third kappa shape index (κ3) is 6.08. The topological polar surface area (TPSA) is 72.5 Å². The summed E-state index contributed by atoms with van der Waals surface area (Å²) in [6.45, 7) is 4.69. The summed E-state index contributed by atoms with van der Waals surface area (Å²) in [7, 11) is 0. The summed E-state index contributed by atoms with van der Waals surface area (Å²) in [6.07, 6.45) is 0. The van der Waals surface area contributed by atoms with E-state index in [1.54, 1.807) is 45.0 Å². The molecule has 6 heteroatoms. The summed E-state index contributed by atoms with van der Waals surface area (Å²) in [5.74, 6) is -1.19. The second kappa shape index (κ2) is 7.36. The van der Waals surface area contributed by atoms with E-state index in [2.05, 4.69) is 21.2 Å². The Morgan fingerprint density at radius 2 is 1.71 bits per heavy atom. The number of hydrogen-bond donors (Lipinski definition) is 1. The SMILES string of the molecule is CC(C)(C)C(=O)COC(=O)CNC(=O)c1ccc(Br)cc1. The van der Waals surface area contributed by atoms with E-state index in [-0.39, 0.29) is 24.8 Å². The Labute approximate surface area is 132 Å². The number of rotatable bonds is 5. The van der Waals surface area contributed by atoms with Gasteiger partial charge in [-0.25, -0.2) is 0 Å². The number of nitrogens with one attached hydrogen (secondary N) is 1. The van der Waals surface area contributed by atoms with Crippen LogP contribution < -0.4 is 5.32 Å². The van der Waals surface area contributed by atoms with Crippen molar-refractivity contribution in [3.8, 4) is 0 Å². The van der Waals surface area contributed by atoms with E-state index in [9.17, 15) is 14.4 Å². The Bertz CT molecular complexity index is 532. The van der Waals surface area contributed by atoms with Crippen molar-refractivity contribution in [1.29, 1.82) is 0 Å². The van der Waals surface area contributed by atoms with Crippen LogP contribution in [0.5, 0.6) is 0 Å². The van der Waals surface area contributed by atoms with Crippen molar-refractivity contribution in [3.63, 3.8) is 0 Å². The number of carbonyl (C=O) groups excluding carboxylic acids is 3. The zero-order chi connectivity index (χ0) is 16.0.